The Morgan fingerprint density at radius 3 is 2.68 bits per heavy atom. The van der Waals surface area contributed by atoms with E-state index in [0.717, 1.165) is 19.4 Å². The topological polar surface area (TPSA) is 140 Å². The second-order valence-electron chi connectivity index (χ2n) is 7.83. The first-order valence-corrected chi connectivity index (χ1v) is 9.61. The predicted molar refractivity (Wildman–Crippen MR) is 100 cm³/mol. The Morgan fingerprint density at radius 1 is 1.39 bits per heavy atom. The van der Waals surface area contributed by atoms with E-state index in [1.807, 2.05) is 0 Å². The van der Waals surface area contributed by atoms with Crippen LogP contribution in [0.5, 0.6) is 0 Å². The highest BCUT2D eigenvalue weighted by atomic mass is 16.5. The number of carboxylic acids is 1. The summed E-state index contributed by atoms with van der Waals surface area (Å²) in [5.74, 6) is -1.52. The fourth-order valence-electron chi connectivity index (χ4n) is 3.86. The summed E-state index contributed by atoms with van der Waals surface area (Å²) in [6.07, 6.45) is 3.89. The summed E-state index contributed by atoms with van der Waals surface area (Å²) in [5, 5.41) is 41.5. The fourth-order valence-corrected chi connectivity index (χ4v) is 3.86. The zero-order valence-electron chi connectivity index (χ0n) is 15.9. The molecule has 3 aliphatic rings. The average molecular weight is 394 g/mol. The van der Waals surface area contributed by atoms with E-state index in [1.54, 1.807) is 17.1 Å². The molecular formula is C18H27BN2O7. The molecule has 0 saturated carbocycles. The van der Waals surface area contributed by atoms with Crippen molar-refractivity contribution in [1.29, 1.82) is 0 Å². The number of ether oxygens (including phenoxy) is 1. The third-order valence-corrected chi connectivity index (χ3v) is 5.81. The maximum Gasteiger partial charge on any atom is 0.451 e. The number of aliphatic hydroxyl groups excluding tert-OH is 1. The lowest BCUT2D eigenvalue weighted by Crippen LogP contribution is -2.60. The summed E-state index contributed by atoms with van der Waals surface area (Å²) in [4.78, 5) is 26.0. The van der Waals surface area contributed by atoms with Crippen molar-refractivity contribution in [2.24, 2.45) is 5.41 Å². The van der Waals surface area contributed by atoms with Gasteiger partial charge in [0.25, 0.3) is 0 Å². The van der Waals surface area contributed by atoms with Crippen molar-refractivity contribution in [3.05, 3.63) is 23.5 Å². The van der Waals surface area contributed by atoms with E-state index >= 15 is 0 Å². The smallest absolute Gasteiger partial charge is 0.451 e. The SMILES string of the molecule is CC1(C(=O)O)C(O)=C(CCB(O)O)C=CC1OC1CN(C(=O)[C@H]2CCCN2)C1. The lowest BCUT2D eigenvalue weighted by molar-refractivity contribution is -0.169. The number of amides is 1. The highest BCUT2D eigenvalue weighted by molar-refractivity contribution is 6.41. The maximum atomic E-state index is 12.3. The molecule has 9 nitrogen and oxygen atoms in total. The van der Waals surface area contributed by atoms with Gasteiger partial charge < -0.3 is 35.2 Å². The fraction of sp³-hybridized carbons (Fsp3) is 0.667. The molecule has 3 rings (SSSR count). The number of carboxylic acid groups (broad SMARTS) is 1. The molecule has 10 heteroatoms. The molecule has 0 radical (unpaired) electrons. The molecule has 0 aromatic carbocycles. The number of hydrogen-bond acceptors (Lipinski definition) is 7. The summed E-state index contributed by atoms with van der Waals surface area (Å²) in [6, 6.07) is -0.142. The molecule has 2 aliphatic heterocycles. The summed E-state index contributed by atoms with van der Waals surface area (Å²) >= 11 is 0. The molecule has 154 valence electrons. The Hall–Kier alpha value is -1.88. The van der Waals surface area contributed by atoms with Gasteiger partial charge in [0.1, 0.15) is 5.76 Å². The van der Waals surface area contributed by atoms with Gasteiger partial charge in [0.15, 0.2) is 5.41 Å². The number of carbonyl (C=O) groups excluding carboxylic acids is 1. The highest BCUT2D eigenvalue weighted by Gasteiger charge is 2.50. The number of carbonyl (C=O) groups is 2. The van der Waals surface area contributed by atoms with Crippen molar-refractivity contribution in [3.63, 3.8) is 0 Å². The molecule has 0 aromatic rings. The van der Waals surface area contributed by atoms with Gasteiger partial charge in [-0.15, -0.1) is 0 Å². The van der Waals surface area contributed by atoms with Crippen LogP contribution in [0.4, 0.5) is 0 Å². The second-order valence-corrected chi connectivity index (χ2v) is 7.83. The number of aliphatic carboxylic acids is 1. The van der Waals surface area contributed by atoms with Gasteiger partial charge in [-0.2, -0.15) is 0 Å². The van der Waals surface area contributed by atoms with Crippen LogP contribution in [0, 0.1) is 5.41 Å². The lowest BCUT2D eigenvalue weighted by atomic mass is 9.74. The number of rotatable bonds is 7. The number of aliphatic hydroxyl groups is 1. The molecule has 2 saturated heterocycles. The van der Waals surface area contributed by atoms with E-state index in [1.165, 1.54) is 6.92 Å². The van der Waals surface area contributed by atoms with E-state index in [4.69, 9.17) is 14.8 Å². The molecule has 2 heterocycles. The van der Waals surface area contributed by atoms with Crippen LogP contribution < -0.4 is 5.32 Å². The maximum absolute atomic E-state index is 12.3. The van der Waals surface area contributed by atoms with E-state index in [0.29, 0.717) is 18.7 Å². The third kappa shape index (κ3) is 3.95. The van der Waals surface area contributed by atoms with Crippen LogP contribution in [-0.4, -0.2) is 82.0 Å². The zero-order valence-corrected chi connectivity index (χ0v) is 15.9. The first kappa shape index (κ1) is 20.8. The highest BCUT2D eigenvalue weighted by Crippen LogP contribution is 2.40. The number of hydrogen-bond donors (Lipinski definition) is 5. The summed E-state index contributed by atoms with van der Waals surface area (Å²) in [6.45, 7) is 3.02. The lowest BCUT2D eigenvalue weighted by Gasteiger charge is -2.44. The van der Waals surface area contributed by atoms with E-state index in [9.17, 15) is 19.8 Å². The molecule has 2 unspecified atom stereocenters. The van der Waals surface area contributed by atoms with Gasteiger partial charge in [0, 0.05) is 13.1 Å². The molecule has 28 heavy (non-hydrogen) atoms. The van der Waals surface area contributed by atoms with Crippen LogP contribution >= 0.6 is 0 Å². The molecule has 2 fully saturated rings. The summed E-state index contributed by atoms with van der Waals surface area (Å²) in [5.41, 5.74) is -1.34. The van der Waals surface area contributed by atoms with Crippen molar-refractivity contribution in [2.45, 2.75) is 50.8 Å². The molecule has 3 atom stereocenters. The van der Waals surface area contributed by atoms with E-state index in [-0.39, 0.29) is 36.6 Å². The van der Waals surface area contributed by atoms with Crippen LogP contribution in [0.2, 0.25) is 6.32 Å². The van der Waals surface area contributed by atoms with Gasteiger partial charge in [0.2, 0.25) is 5.91 Å². The minimum Gasteiger partial charge on any atom is -0.511 e. The quantitative estimate of drug-likeness (QED) is 0.370. The van der Waals surface area contributed by atoms with Gasteiger partial charge in [0.05, 0.1) is 18.2 Å². The standard InChI is InChI=1S/C18H27BN2O7/c1-18(17(24)25)14(5-4-11(15(18)22)6-7-19(26)27)28-12-9-21(10-12)16(23)13-3-2-8-20-13/h4-5,12-14,20,22,26-27H,2-3,6-10H2,1H3,(H,24,25)/t13-,14?,18?/m1/s1. The monoisotopic (exact) mass is 394 g/mol. The Kier molecular flexibility index (Phi) is 6.14. The van der Waals surface area contributed by atoms with Gasteiger partial charge in [-0.3, -0.25) is 9.59 Å². The van der Waals surface area contributed by atoms with Gasteiger partial charge in [-0.05, 0) is 44.6 Å². The minimum absolute atomic E-state index is 0.0140. The van der Waals surface area contributed by atoms with Crippen LogP contribution in [0.1, 0.15) is 26.2 Å². The molecule has 5 N–H and O–H groups in total. The first-order valence-electron chi connectivity index (χ1n) is 9.61. The second kappa shape index (κ2) is 8.24. The molecule has 1 amide bonds. The Morgan fingerprint density at radius 2 is 2.11 bits per heavy atom. The first-order chi connectivity index (χ1) is 13.2. The number of allylic oxidation sites excluding steroid dienone is 2. The van der Waals surface area contributed by atoms with E-state index < -0.39 is 24.6 Å². The van der Waals surface area contributed by atoms with Crippen molar-refractivity contribution in [1.82, 2.24) is 10.2 Å². The molecule has 0 aromatic heterocycles. The molecule has 1 aliphatic carbocycles. The third-order valence-electron chi connectivity index (χ3n) is 5.81. The van der Waals surface area contributed by atoms with Crippen LogP contribution in [0.15, 0.2) is 23.5 Å². The van der Waals surface area contributed by atoms with Crippen LogP contribution in [0.25, 0.3) is 0 Å². The normalized spacial score (nSPS) is 30.5. The number of likely N-dealkylation sites (tertiary alicyclic amines) is 1. The Balaban J connectivity index is 1.62. The molecule has 0 spiro atoms. The molecular weight excluding hydrogens is 367 g/mol. The van der Waals surface area contributed by atoms with E-state index in [2.05, 4.69) is 5.32 Å². The molecule has 0 bridgehead atoms. The number of nitrogens with zero attached hydrogens (tertiary/aromatic N) is 1. The number of nitrogens with one attached hydrogen (secondary N) is 1. The minimum atomic E-state index is -1.68. The van der Waals surface area contributed by atoms with Crippen molar-refractivity contribution >= 4 is 19.0 Å². The van der Waals surface area contributed by atoms with Gasteiger partial charge in [-0.1, -0.05) is 12.2 Å². The van der Waals surface area contributed by atoms with Crippen LogP contribution in [0.3, 0.4) is 0 Å². The van der Waals surface area contributed by atoms with Crippen molar-refractivity contribution in [3.8, 4) is 0 Å². The van der Waals surface area contributed by atoms with Crippen molar-refractivity contribution < 1.29 is 34.6 Å². The largest absolute Gasteiger partial charge is 0.511 e. The van der Waals surface area contributed by atoms with Crippen LogP contribution in [-0.2, 0) is 14.3 Å². The Labute approximate surface area is 163 Å². The average Bonchev–Trinajstić information content (AvgIpc) is 3.14. The zero-order chi connectivity index (χ0) is 20.5. The van der Waals surface area contributed by atoms with Gasteiger partial charge in [-0.25, -0.2) is 0 Å². The Bertz CT molecular complexity index is 683. The predicted octanol–water partition coefficient (Wildman–Crippen LogP) is -0.330. The summed E-state index contributed by atoms with van der Waals surface area (Å²) in [7, 11) is -1.54. The summed E-state index contributed by atoms with van der Waals surface area (Å²) < 4.78 is 5.92. The van der Waals surface area contributed by atoms with Gasteiger partial charge >= 0.3 is 13.1 Å². The van der Waals surface area contributed by atoms with Crippen molar-refractivity contribution in [2.75, 3.05) is 19.6 Å².